The van der Waals surface area contributed by atoms with Crippen LogP contribution in [0.25, 0.3) is 11.3 Å². The number of halogens is 1. The van der Waals surface area contributed by atoms with Crippen LogP contribution < -0.4 is 15.0 Å². The van der Waals surface area contributed by atoms with E-state index in [-0.39, 0.29) is 24.3 Å². The number of benzene rings is 2. The van der Waals surface area contributed by atoms with Crippen LogP contribution in [0.3, 0.4) is 0 Å². The number of ether oxygens (including phenoxy) is 1. The Bertz CT molecular complexity index is 1240. The molecule has 1 N–H and O–H groups in total. The zero-order valence-corrected chi connectivity index (χ0v) is 19.1. The SMILES string of the molecule is Cc1cnc(Cc2ccc3c(c2)CCNC3)nc1-c1cc(F)c2c(c1)N(C(C)C)C(=O)CO2. The molecule has 2 aliphatic heterocycles. The summed E-state index contributed by atoms with van der Waals surface area (Å²) in [7, 11) is 0. The molecule has 0 aliphatic carbocycles. The van der Waals surface area contributed by atoms with Gasteiger partial charge in [-0.25, -0.2) is 14.4 Å². The van der Waals surface area contributed by atoms with Crippen LogP contribution in [0.2, 0.25) is 0 Å². The third-order valence-electron chi connectivity index (χ3n) is 6.22. The molecule has 0 bridgehead atoms. The second kappa shape index (κ2) is 8.56. The van der Waals surface area contributed by atoms with Crippen LogP contribution in [0, 0.1) is 12.7 Å². The fourth-order valence-corrected chi connectivity index (χ4v) is 4.62. The molecule has 0 atom stereocenters. The van der Waals surface area contributed by atoms with Gasteiger partial charge in [-0.2, -0.15) is 0 Å². The maximum absolute atomic E-state index is 15.0. The minimum absolute atomic E-state index is 0.113. The summed E-state index contributed by atoms with van der Waals surface area (Å²) < 4.78 is 20.4. The van der Waals surface area contributed by atoms with Gasteiger partial charge < -0.3 is 15.0 Å². The fourth-order valence-electron chi connectivity index (χ4n) is 4.62. The predicted octanol–water partition coefficient (Wildman–Crippen LogP) is 3.96. The second-order valence-electron chi connectivity index (χ2n) is 8.98. The number of carbonyl (C=O) groups is 1. The van der Waals surface area contributed by atoms with Crippen molar-refractivity contribution in [1.29, 1.82) is 0 Å². The summed E-state index contributed by atoms with van der Waals surface area (Å²) in [6.45, 7) is 7.45. The van der Waals surface area contributed by atoms with Gasteiger partial charge in [0, 0.05) is 30.8 Å². The van der Waals surface area contributed by atoms with E-state index >= 15 is 4.39 Å². The minimum atomic E-state index is -0.497. The number of amides is 1. The van der Waals surface area contributed by atoms with E-state index in [2.05, 4.69) is 28.5 Å². The Labute approximate surface area is 192 Å². The summed E-state index contributed by atoms with van der Waals surface area (Å²) in [5.74, 6) is 0.110. The normalized spacial score (nSPS) is 15.3. The van der Waals surface area contributed by atoms with Crippen LogP contribution in [-0.2, 0) is 24.2 Å². The van der Waals surface area contributed by atoms with E-state index in [4.69, 9.17) is 9.72 Å². The standard InChI is InChI=1S/C26H27FN4O2/c1-15(2)31-22-11-20(10-21(27)26(22)33-14-24(31)32)25-16(3)12-29-23(30-25)9-17-4-5-19-13-28-7-6-18(19)8-17/h4-5,8,10-12,15,28H,6-7,9,13-14H2,1-3H3. The number of anilines is 1. The van der Waals surface area contributed by atoms with Gasteiger partial charge in [0.2, 0.25) is 0 Å². The molecule has 0 fully saturated rings. The fraction of sp³-hybridized carbons (Fsp3) is 0.346. The van der Waals surface area contributed by atoms with Gasteiger partial charge in [0.25, 0.3) is 5.91 Å². The molecule has 3 aromatic rings. The summed E-state index contributed by atoms with van der Waals surface area (Å²) in [6.07, 6.45) is 3.39. The van der Waals surface area contributed by atoms with Gasteiger partial charge in [-0.1, -0.05) is 18.2 Å². The lowest BCUT2D eigenvalue weighted by molar-refractivity contribution is -0.121. The Morgan fingerprint density at radius 3 is 2.88 bits per heavy atom. The summed E-state index contributed by atoms with van der Waals surface area (Å²) in [5.41, 5.74) is 6.42. The van der Waals surface area contributed by atoms with E-state index in [1.165, 1.54) is 17.2 Å². The lowest BCUT2D eigenvalue weighted by Gasteiger charge is -2.33. The molecule has 0 saturated carbocycles. The molecular weight excluding hydrogens is 419 g/mol. The number of hydrogen-bond acceptors (Lipinski definition) is 5. The first kappa shape index (κ1) is 21.5. The van der Waals surface area contributed by atoms with Crippen molar-refractivity contribution in [2.45, 2.75) is 46.2 Å². The number of hydrogen-bond donors (Lipinski definition) is 1. The van der Waals surface area contributed by atoms with Crippen LogP contribution in [0.1, 0.15) is 41.9 Å². The molecule has 33 heavy (non-hydrogen) atoms. The van der Waals surface area contributed by atoms with E-state index < -0.39 is 5.82 Å². The minimum Gasteiger partial charge on any atom is -0.478 e. The molecule has 2 aliphatic rings. The van der Waals surface area contributed by atoms with E-state index in [9.17, 15) is 4.79 Å². The lowest BCUT2D eigenvalue weighted by Crippen LogP contribution is -2.43. The number of aryl methyl sites for hydroxylation is 1. The molecule has 0 radical (unpaired) electrons. The summed E-state index contributed by atoms with van der Waals surface area (Å²) in [6, 6.07) is 9.63. The van der Waals surface area contributed by atoms with Gasteiger partial charge in [-0.05, 0) is 68.1 Å². The molecule has 0 saturated heterocycles. The van der Waals surface area contributed by atoms with Crippen molar-refractivity contribution in [3.05, 3.63) is 70.4 Å². The van der Waals surface area contributed by atoms with Gasteiger partial charge in [0.15, 0.2) is 18.2 Å². The van der Waals surface area contributed by atoms with Crippen molar-refractivity contribution in [3.8, 4) is 17.0 Å². The molecule has 2 aromatic carbocycles. The van der Waals surface area contributed by atoms with E-state index in [0.29, 0.717) is 29.2 Å². The molecule has 170 valence electrons. The van der Waals surface area contributed by atoms with Crippen LogP contribution in [0.4, 0.5) is 10.1 Å². The van der Waals surface area contributed by atoms with Crippen molar-refractivity contribution < 1.29 is 13.9 Å². The summed E-state index contributed by atoms with van der Waals surface area (Å²) >= 11 is 0. The van der Waals surface area contributed by atoms with Gasteiger partial charge in [-0.3, -0.25) is 4.79 Å². The number of nitrogens with zero attached hydrogens (tertiary/aromatic N) is 3. The Morgan fingerprint density at radius 2 is 2.06 bits per heavy atom. The Morgan fingerprint density at radius 1 is 1.21 bits per heavy atom. The average molecular weight is 447 g/mol. The van der Waals surface area contributed by atoms with Crippen molar-refractivity contribution in [2.24, 2.45) is 0 Å². The monoisotopic (exact) mass is 446 g/mol. The smallest absolute Gasteiger partial charge is 0.265 e. The molecular formula is C26H27FN4O2. The number of rotatable bonds is 4. The van der Waals surface area contributed by atoms with Crippen LogP contribution in [0.5, 0.6) is 5.75 Å². The maximum Gasteiger partial charge on any atom is 0.265 e. The highest BCUT2D eigenvalue weighted by molar-refractivity contribution is 5.99. The quantitative estimate of drug-likeness (QED) is 0.657. The van der Waals surface area contributed by atoms with Gasteiger partial charge in [0.1, 0.15) is 5.82 Å². The zero-order chi connectivity index (χ0) is 23.1. The Kier molecular flexibility index (Phi) is 5.58. The molecule has 1 amide bonds. The maximum atomic E-state index is 15.0. The number of nitrogens with one attached hydrogen (secondary N) is 1. The molecule has 5 rings (SSSR count). The third kappa shape index (κ3) is 4.09. The molecule has 6 nitrogen and oxygen atoms in total. The number of carbonyl (C=O) groups excluding carboxylic acids is 1. The Balaban J connectivity index is 1.51. The summed E-state index contributed by atoms with van der Waals surface area (Å²) in [5, 5.41) is 3.39. The van der Waals surface area contributed by atoms with Crippen molar-refractivity contribution in [1.82, 2.24) is 15.3 Å². The van der Waals surface area contributed by atoms with Crippen LogP contribution >= 0.6 is 0 Å². The van der Waals surface area contributed by atoms with E-state index in [1.54, 1.807) is 17.2 Å². The third-order valence-corrected chi connectivity index (χ3v) is 6.22. The summed E-state index contributed by atoms with van der Waals surface area (Å²) in [4.78, 5) is 23.3. The van der Waals surface area contributed by atoms with Crippen molar-refractivity contribution in [3.63, 3.8) is 0 Å². The van der Waals surface area contributed by atoms with E-state index in [0.717, 1.165) is 30.6 Å². The first-order valence-electron chi connectivity index (χ1n) is 11.3. The first-order chi connectivity index (χ1) is 15.9. The second-order valence-corrected chi connectivity index (χ2v) is 8.98. The molecule has 1 aromatic heterocycles. The molecule has 7 heteroatoms. The lowest BCUT2D eigenvalue weighted by atomic mass is 9.97. The van der Waals surface area contributed by atoms with Gasteiger partial charge >= 0.3 is 0 Å². The predicted molar refractivity (Wildman–Crippen MR) is 125 cm³/mol. The molecule has 0 spiro atoms. The highest BCUT2D eigenvalue weighted by Gasteiger charge is 2.31. The van der Waals surface area contributed by atoms with Crippen molar-refractivity contribution in [2.75, 3.05) is 18.1 Å². The Hall–Kier alpha value is -3.32. The molecule has 3 heterocycles. The highest BCUT2D eigenvalue weighted by Crippen LogP contribution is 2.39. The molecule has 0 unspecified atom stereocenters. The van der Waals surface area contributed by atoms with Gasteiger partial charge in [-0.15, -0.1) is 0 Å². The number of aromatic nitrogens is 2. The largest absolute Gasteiger partial charge is 0.478 e. The topological polar surface area (TPSA) is 67.4 Å². The van der Waals surface area contributed by atoms with Crippen molar-refractivity contribution >= 4 is 11.6 Å². The first-order valence-corrected chi connectivity index (χ1v) is 11.3. The average Bonchev–Trinajstić information content (AvgIpc) is 2.79. The van der Waals surface area contributed by atoms with Crippen LogP contribution in [-0.4, -0.2) is 35.1 Å². The van der Waals surface area contributed by atoms with E-state index in [1.807, 2.05) is 20.8 Å². The number of fused-ring (bicyclic) bond motifs is 2. The zero-order valence-electron chi connectivity index (χ0n) is 19.1. The highest BCUT2D eigenvalue weighted by atomic mass is 19.1. The van der Waals surface area contributed by atoms with Crippen LogP contribution in [0.15, 0.2) is 36.5 Å². The van der Waals surface area contributed by atoms with Gasteiger partial charge in [0.05, 0.1) is 11.4 Å².